The van der Waals surface area contributed by atoms with Gasteiger partial charge in [-0.3, -0.25) is 14.9 Å². The van der Waals surface area contributed by atoms with Crippen LogP contribution in [-0.2, 0) is 4.79 Å². The lowest BCUT2D eigenvalue weighted by molar-refractivity contribution is -0.385. The second kappa shape index (κ2) is 9.41. The largest absolute Gasteiger partial charge is 0.487 e. The Morgan fingerprint density at radius 1 is 1.07 bits per heavy atom. The van der Waals surface area contributed by atoms with Gasteiger partial charge >= 0.3 is 5.69 Å². The monoisotopic (exact) mass is 397 g/mol. The summed E-state index contributed by atoms with van der Waals surface area (Å²) in [5.41, 5.74) is 3.76. The molecule has 1 fully saturated rings. The van der Waals surface area contributed by atoms with E-state index < -0.39 is 4.92 Å². The molecule has 1 aliphatic rings. The van der Waals surface area contributed by atoms with Crippen LogP contribution < -0.4 is 9.64 Å². The number of nitro benzene ring substituents is 1. The van der Waals surface area contributed by atoms with E-state index in [1.807, 2.05) is 4.90 Å². The van der Waals surface area contributed by atoms with Gasteiger partial charge in [-0.1, -0.05) is 24.3 Å². The first kappa shape index (κ1) is 20.6. The third kappa shape index (κ3) is 5.04. The van der Waals surface area contributed by atoms with Crippen LogP contribution in [0.15, 0.2) is 42.5 Å². The summed E-state index contributed by atoms with van der Waals surface area (Å²) in [6, 6.07) is 12.6. The molecule has 29 heavy (non-hydrogen) atoms. The van der Waals surface area contributed by atoms with E-state index in [9.17, 15) is 14.9 Å². The van der Waals surface area contributed by atoms with Crippen molar-refractivity contribution in [2.75, 3.05) is 37.7 Å². The topological polar surface area (TPSA) is 75.9 Å². The second-order valence-electron chi connectivity index (χ2n) is 7.26. The van der Waals surface area contributed by atoms with Crippen LogP contribution in [0.1, 0.15) is 24.0 Å². The zero-order valence-corrected chi connectivity index (χ0v) is 17.0. The molecule has 0 bridgehead atoms. The maximum atomic E-state index is 12.5. The third-order valence-electron chi connectivity index (χ3n) is 5.40. The van der Waals surface area contributed by atoms with Crippen LogP contribution >= 0.6 is 0 Å². The van der Waals surface area contributed by atoms with Crippen molar-refractivity contribution in [2.24, 2.45) is 0 Å². The molecule has 1 saturated heterocycles. The Morgan fingerprint density at radius 3 is 2.52 bits per heavy atom. The van der Waals surface area contributed by atoms with Gasteiger partial charge in [0.25, 0.3) is 0 Å². The van der Waals surface area contributed by atoms with Gasteiger partial charge in [0.2, 0.25) is 5.91 Å². The van der Waals surface area contributed by atoms with Crippen molar-refractivity contribution >= 4 is 17.3 Å². The molecule has 7 nitrogen and oxygen atoms in total. The molecular weight excluding hydrogens is 370 g/mol. The Hall–Kier alpha value is -3.09. The van der Waals surface area contributed by atoms with Crippen molar-refractivity contribution in [2.45, 2.75) is 26.7 Å². The summed E-state index contributed by atoms with van der Waals surface area (Å²) in [6.07, 6.45) is 0.909. The molecule has 3 rings (SSSR count). The van der Waals surface area contributed by atoms with E-state index in [1.165, 1.54) is 22.9 Å². The van der Waals surface area contributed by atoms with E-state index in [0.717, 1.165) is 13.1 Å². The predicted molar refractivity (Wildman–Crippen MR) is 113 cm³/mol. The molecular formula is C22H27N3O4. The summed E-state index contributed by atoms with van der Waals surface area (Å²) in [7, 11) is 0. The molecule has 0 spiro atoms. The van der Waals surface area contributed by atoms with Gasteiger partial charge in [-0.15, -0.1) is 0 Å². The van der Waals surface area contributed by atoms with Crippen molar-refractivity contribution in [3.05, 3.63) is 63.7 Å². The number of hydrogen-bond donors (Lipinski definition) is 0. The van der Waals surface area contributed by atoms with Crippen molar-refractivity contribution in [3.63, 3.8) is 0 Å². The van der Waals surface area contributed by atoms with Crippen molar-refractivity contribution < 1.29 is 14.5 Å². The molecule has 1 aliphatic heterocycles. The highest BCUT2D eigenvalue weighted by atomic mass is 16.6. The van der Waals surface area contributed by atoms with Crippen LogP contribution in [0.3, 0.4) is 0 Å². The first-order valence-corrected chi connectivity index (χ1v) is 9.92. The Labute approximate surface area is 171 Å². The zero-order valence-electron chi connectivity index (χ0n) is 17.0. The summed E-state index contributed by atoms with van der Waals surface area (Å²) in [5.74, 6) is 0.351. The van der Waals surface area contributed by atoms with Crippen LogP contribution in [0.5, 0.6) is 5.75 Å². The lowest BCUT2D eigenvalue weighted by Crippen LogP contribution is -2.49. The predicted octanol–water partition coefficient (Wildman–Crippen LogP) is 3.72. The lowest BCUT2D eigenvalue weighted by Gasteiger charge is -2.37. The molecule has 2 aromatic carbocycles. The fourth-order valence-electron chi connectivity index (χ4n) is 3.57. The molecule has 0 saturated carbocycles. The third-order valence-corrected chi connectivity index (χ3v) is 5.40. The van der Waals surface area contributed by atoms with Crippen molar-refractivity contribution in [1.29, 1.82) is 0 Å². The first-order chi connectivity index (χ1) is 14.0. The number of nitrogens with zero attached hydrogens (tertiary/aromatic N) is 3. The molecule has 7 heteroatoms. The number of para-hydroxylation sites is 2. The number of nitro groups is 1. The van der Waals surface area contributed by atoms with E-state index in [-0.39, 0.29) is 24.0 Å². The van der Waals surface area contributed by atoms with Crippen LogP contribution in [0.2, 0.25) is 0 Å². The average molecular weight is 397 g/mol. The lowest BCUT2D eigenvalue weighted by atomic mass is 10.1. The van der Waals surface area contributed by atoms with Crippen LogP contribution in [0, 0.1) is 24.0 Å². The highest BCUT2D eigenvalue weighted by Gasteiger charge is 2.22. The molecule has 0 aliphatic carbocycles. The quantitative estimate of drug-likeness (QED) is 0.404. The number of piperazine rings is 1. The van der Waals surface area contributed by atoms with Gasteiger partial charge in [-0.25, -0.2) is 0 Å². The molecule has 2 aromatic rings. The number of hydrogen-bond acceptors (Lipinski definition) is 5. The van der Waals surface area contributed by atoms with E-state index >= 15 is 0 Å². The van der Waals surface area contributed by atoms with Gasteiger partial charge in [0, 0.05) is 44.4 Å². The number of anilines is 1. The standard InChI is InChI=1S/C22H27N3O4/c1-17-7-5-9-19(18(17)2)23-12-14-24(15-13-23)22(26)11-6-16-29-21-10-4-3-8-20(21)25(27)28/h3-5,7-10H,6,11-16H2,1-2H3. The van der Waals surface area contributed by atoms with Gasteiger partial charge in [-0.05, 0) is 43.5 Å². The molecule has 0 unspecified atom stereocenters. The minimum absolute atomic E-state index is 0.0543. The number of aryl methyl sites for hydroxylation is 1. The minimum Gasteiger partial charge on any atom is -0.487 e. The first-order valence-electron chi connectivity index (χ1n) is 9.92. The molecule has 1 heterocycles. The van der Waals surface area contributed by atoms with Crippen LogP contribution in [0.25, 0.3) is 0 Å². The molecule has 0 aromatic heterocycles. The van der Waals surface area contributed by atoms with E-state index in [0.29, 0.717) is 25.9 Å². The Kier molecular flexibility index (Phi) is 6.69. The smallest absolute Gasteiger partial charge is 0.310 e. The zero-order chi connectivity index (χ0) is 20.8. The maximum Gasteiger partial charge on any atom is 0.310 e. The molecule has 0 N–H and O–H groups in total. The van der Waals surface area contributed by atoms with Crippen molar-refractivity contribution in [1.82, 2.24) is 4.90 Å². The number of amides is 1. The van der Waals surface area contributed by atoms with E-state index in [2.05, 4.69) is 36.9 Å². The van der Waals surface area contributed by atoms with E-state index in [1.54, 1.807) is 18.2 Å². The number of ether oxygens (including phenoxy) is 1. The maximum absolute atomic E-state index is 12.5. The number of rotatable bonds is 7. The van der Waals surface area contributed by atoms with Gasteiger partial charge < -0.3 is 14.5 Å². The molecule has 0 radical (unpaired) electrons. The fraction of sp³-hybridized carbons (Fsp3) is 0.409. The minimum atomic E-state index is -0.462. The highest BCUT2D eigenvalue weighted by Crippen LogP contribution is 2.26. The number of carbonyl (C=O) groups is 1. The van der Waals surface area contributed by atoms with Crippen LogP contribution in [-0.4, -0.2) is 48.5 Å². The summed E-state index contributed by atoms with van der Waals surface area (Å²) in [5, 5.41) is 11.0. The summed E-state index contributed by atoms with van der Waals surface area (Å²) in [6.45, 7) is 7.59. The molecule has 154 valence electrons. The van der Waals surface area contributed by atoms with E-state index in [4.69, 9.17) is 4.74 Å². The SMILES string of the molecule is Cc1cccc(N2CCN(C(=O)CCCOc3ccccc3[N+](=O)[O-])CC2)c1C. The summed E-state index contributed by atoms with van der Waals surface area (Å²) < 4.78 is 5.51. The normalized spacial score (nSPS) is 14.0. The fourth-order valence-corrected chi connectivity index (χ4v) is 3.57. The van der Waals surface area contributed by atoms with Gasteiger partial charge in [0.05, 0.1) is 11.5 Å². The van der Waals surface area contributed by atoms with Crippen molar-refractivity contribution in [3.8, 4) is 5.75 Å². The van der Waals surface area contributed by atoms with Crippen LogP contribution in [0.4, 0.5) is 11.4 Å². The average Bonchev–Trinajstić information content (AvgIpc) is 2.73. The Morgan fingerprint density at radius 2 is 1.79 bits per heavy atom. The number of carbonyl (C=O) groups excluding carboxylic acids is 1. The second-order valence-corrected chi connectivity index (χ2v) is 7.26. The number of benzene rings is 2. The highest BCUT2D eigenvalue weighted by molar-refractivity contribution is 5.76. The molecule has 1 amide bonds. The Balaban J connectivity index is 1.44. The summed E-state index contributed by atoms with van der Waals surface area (Å²) >= 11 is 0. The summed E-state index contributed by atoms with van der Waals surface area (Å²) in [4.78, 5) is 27.3. The molecule has 0 atom stereocenters. The Bertz CT molecular complexity index is 876. The van der Waals surface area contributed by atoms with Gasteiger partial charge in [0.1, 0.15) is 0 Å². The van der Waals surface area contributed by atoms with Gasteiger partial charge in [0.15, 0.2) is 5.75 Å². The van der Waals surface area contributed by atoms with Gasteiger partial charge in [-0.2, -0.15) is 0 Å².